The van der Waals surface area contributed by atoms with E-state index in [1.807, 2.05) is 0 Å². The standard InChI is InChI=1S/C10H16O/c1-6-8-4-7(5-9(6)11)10(8,2)3/h6-8H,4-5H2,1-3H3/t6-,7+,8-/m1/s1. The van der Waals surface area contributed by atoms with E-state index in [1.165, 1.54) is 6.42 Å². The summed E-state index contributed by atoms with van der Waals surface area (Å²) in [4.78, 5) is 11.3. The van der Waals surface area contributed by atoms with Crippen LogP contribution in [0.5, 0.6) is 0 Å². The molecule has 3 aliphatic carbocycles. The lowest BCUT2D eigenvalue weighted by atomic mass is 9.45. The maximum absolute atomic E-state index is 11.3. The minimum Gasteiger partial charge on any atom is -0.299 e. The number of Topliss-reactive ketones (excluding diaryl/α,β-unsaturated/α-hetero) is 1. The van der Waals surface area contributed by atoms with Crippen LogP contribution in [0.25, 0.3) is 0 Å². The van der Waals surface area contributed by atoms with Gasteiger partial charge in [0.15, 0.2) is 0 Å². The molecule has 0 heterocycles. The van der Waals surface area contributed by atoms with Gasteiger partial charge in [0, 0.05) is 12.3 Å². The van der Waals surface area contributed by atoms with Gasteiger partial charge in [0.05, 0.1) is 0 Å². The highest BCUT2D eigenvalue weighted by atomic mass is 16.1. The molecule has 0 unspecified atom stereocenters. The van der Waals surface area contributed by atoms with Gasteiger partial charge in [-0.05, 0) is 23.7 Å². The quantitative estimate of drug-likeness (QED) is 0.520. The summed E-state index contributed by atoms with van der Waals surface area (Å²) in [5, 5.41) is 0. The van der Waals surface area contributed by atoms with Gasteiger partial charge in [-0.25, -0.2) is 0 Å². The highest BCUT2D eigenvalue weighted by Gasteiger charge is 2.55. The van der Waals surface area contributed by atoms with Crippen molar-refractivity contribution in [2.45, 2.75) is 33.6 Å². The molecule has 2 bridgehead atoms. The molecule has 1 nitrogen and oxygen atoms in total. The zero-order chi connectivity index (χ0) is 8.22. The van der Waals surface area contributed by atoms with E-state index in [4.69, 9.17) is 0 Å². The van der Waals surface area contributed by atoms with Gasteiger partial charge in [0.25, 0.3) is 0 Å². The monoisotopic (exact) mass is 152 g/mol. The van der Waals surface area contributed by atoms with Gasteiger partial charge >= 0.3 is 0 Å². The Kier molecular flexibility index (Phi) is 1.25. The summed E-state index contributed by atoms with van der Waals surface area (Å²) in [5.74, 6) is 2.24. The average Bonchev–Trinajstić information content (AvgIpc) is 1.93. The number of ketones is 1. The predicted octanol–water partition coefficient (Wildman–Crippen LogP) is 2.26. The lowest BCUT2D eigenvalue weighted by Gasteiger charge is -2.58. The highest BCUT2D eigenvalue weighted by molar-refractivity contribution is 5.83. The smallest absolute Gasteiger partial charge is 0.136 e. The van der Waals surface area contributed by atoms with Crippen LogP contribution in [-0.2, 0) is 4.79 Å². The Morgan fingerprint density at radius 2 is 2.09 bits per heavy atom. The molecule has 0 N–H and O–H groups in total. The maximum atomic E-state index is 11.3. The fourth-order valence-electron chi connectivity index (χ4n) is 2.90. The molecule has 0 aromatic carbocycles. The second kappa shape index (κ2) is 1.88. The van der Waals surface area contributed by atoms with E-state index in [-0.39, 0.29) is 0 Å². The minimum absolute atomic E-state index is 0.343. The van der Waals surface area contributed by atoms with Crippen molar-refractivity contribution in [2.75, 3.05) is 0 Å². The van der Waals surface area contributed by atoms with E-state index < -0.39 is 0 Å². The Morgan fingerprint density at radius 1 is 1.45 bits per heavy atom. The largest absolute Gasteiger partial charge is 0.299 e. The molecule has 3 aliphatic rings. The molecule has 0 aromatic rings. The molecular formula is C10H16O. The number of carbonyl (C=O) groups is 1. The molecule has 0 radical (unpaired) electrons. The van der Waals surface area contributed by atoms with Gasteiger partial charge in [-0.2, -0.15) is 0 Å². The van der Waals surface area contributed by atoms with Gasteiger partial charge < -0.3 is 0 Å². The zero-order valence-electron chi connectivity index (χ0n) is 7.55. The number of rotatable bonds is 0. The second-order valence-electron chi connectivity index (χ2n) is 4.82. The Balaban J connectivity index is 2.23. The molecule has 62 valence electrons. The normalized spacial score (nSPS) is 46.8. The van der Waals surface area contributed by atoms with E-state index in [1.54, 1.807) is 0 Å². The van der Waals surface area contributed by atoms with Crippen LogP contribution in [0.3, 0.4) is 0 Å². The summed E-state index contributed by atoms with van der Waals surface area (Å²) in [6.45, 7) is 6.73. The van der Waals surface area contributed by atoms with Crippen molar-refractivity contribution in [1.29, 1.82) is 0 Å². The summed E-state index contributed by atoms with van der Waals surface area (Å²) in [7, 11) is 0. The van der Waals surface area contributed by atoms with Crippen LogP contribution >= 0.6 is 0 Å². The van der Waals surface area contributed by atoms with E-state index in [2.05, 4.69) is 20.8 Å². The van der Waals surface area contributed by atoms with E-state index in [0.29, 0.717) is 29.0 Å². The van der Waals surface area contributed by atoms with Gasteiger partial charge in [-0.15, -0.1) is 0 Å². The third-order valence-electron chi connectivity index (χ3n) is 4.11. The summed E-state index contributed by atoms with van der Waals surface area (Å²) < 4.78 is 0. The van der Waals surface area contributed by atoms with Crippen molar-refractivity contribution in [2.24, 2.45) is 23.2 Å². The zero-order valence-corrected chi connectivity index (χ0v) is 7.55. The molecule has 3 atom stereocenters. The molecule has 11 heavy (non-hydrogen) atoms. The van der Waals surface area contributed by atoms with Crippen molar-refractivity contribution >= 4 is 5.78 Å². The first-order valence-electron chi connectivity index (χ1n) is 4.56. The van der Waals surface area contributed by atoms with Crippen molar-refractivity contribution in [3.63, 3.8) is 0 Å². The van der Waals surface area contributed by atoms with Gasteiger partial charge in [0.2, 0.25) is 0 Å². The van der Waals surface area contributed by atoms with Crippen LogP contribution in [0, 0.1) is 23.2 Å². The molecular weight excluding hydrogens is 136 g/mol. The fraction of sp³-hybridized carbons (Fsp3) is 0.900. The van der Waals surface area contributed by atoms with Crippen molar-refractivity contribution in [3.8, 4) is 0 Å². The Bertz CT molecular complexity index is 205. The molecule has 0 aromatic heterocycles. The predicted molar refractivity (Wildman–Crippen MR) is 44.2 cm³/mol. The summed E-state index contributed by atoms with van der Waals surface area (Å²) in [5.41, 5.74) is 0.466. The molecule has 1 heteroatoms. The Hall–Kier alpha value is -0.330. The van der Waals surface area contributed by atoms with Crippen LogP contribution in [0.2, 0.25) is 0 Å². The number of carbonyl (C=O) groups excluding carboxylic acids is 1. The van der Waals surface area contributed by atoms with Crippen LogP contribution in [0.4, 0.5) is 0 Å². The van der Waals surface area contributed by atoms with E-state index >= 15 is 0 Å². The summed E-state index contributed by atoms with van der Waals surface area (Å²) in [6, 6.07) is 0. The average molecular weight is 152 g/mol. The van der Waals surface area contributed by atoms with Crippen LogP contribution in [0.15, 0.2) is 0 Å². The van der Waals surface area contributed by atoms with Crippen molar-refractivity contribution in [3.05, 3.63) is 0 Å². The fourth-order valence-corrected chi connectivity index (χ4v) is 2.90. The Labute approximate surface area is 68.2 Å². The van der Waals surface area contributed by atoms with Gasteiger partial charge in [-0.3, -0.25) is 4.79 Å². The number of hydrogen-bond acceptors (Lipinski definition) is 1. The lowest BCUT2D eigenvalue weighted by Crippen LogP contribution is -2.55. The molecule has 0 aliphatic heterocycles. The first kappa shape index (κ1) is 7.33. The minimum atomic E-state index is 0.343. The van der Waals surface area contributed by atoms with Crippen LogP contribution < -0.4 is 0 Å². The molecule has 3 saturated carbocycles. The first-order chi connectivity index (χ1) is 5.03. The first-order valence-corrected chi connectivity index (χ1v) is 4.56. The SMILES string of the molecule is C[C@H]1C(=O)C[C@@H]2C[C@H]1C2(C)C. The lowest BCUT2D eigenvalue weighted by molar-refractivity contribution is -0.152. The van der Waals surface area contributed by atoms with Crippen LogP contribution in [-0.4, -0.2) is 5.78 Å². The van der Waals surface area contributed by atoms with Gasteiger partial charge in [-0.1, -0.05) is 20.8 Å². The third-order valence-corrected chi connectivity index (χ3v) is 4.11. The van der Waals surface area contributed by atoms with E-state index in [0.717, 1.165) is 6.42 Å². The van der Waals surface area contributed by atoms with E-state index in [9.17, 15) is 4.79 Å². The summed E-state index contributed by atoms with van der Waals surface area (Å²) >= 11 is 0. The van der Waals surface area contributed by atoms with Crippen molar-refractivity contribution < 1.29 is 4.79 Å². The molecule has 3 fully saturated rings. The number of fused-ring (bicyclic) bond motifs is 2. The molecule has 0 saturated heterocycles. The molecule has 3 rings (SSSR count). The maximum Gasteiger partial charge on any atom is 0.136 e. The third kappa shape index (κ3) is 0.743. The second-order valence-corrected chi connectivity index (χ2v) is 4.82. The Morgan fingerprint density at radius 3 is 2.45 bits per heavy atom. The summed E-state index contributed by atoms with van der Waals surface area (Å²) in [6.07, 6.45) is 2.16. The van der Waals surface area contributed by atoms with Crippen LogP contribution in [0.1, 0.15) is 33.6 Å². The number of hydrogen-bond donors (Lipinski definition) is 0. The highest BCUT2D eigenvalue weighted by Crippen LogP contribution is 2.59. The topological polar surface area (TPSA) is 17.1 Å². The molecule has 0 spiro atoms. The molecule has 0 amide bonds. The van der Waals surface area contributed by atoms with Crippen molar-refractivity contribution in [1.82, 2.24) is 0 Å². The van der Waals surface area contributed by atoms with Gasteiger partial charge in [0.1, 0.15) is 5.78 Å².